The number of aliphatic hydroxyl groups excluding tert-OH is 1. The van der Waals surface area contributed by atoms with Gasteiger partial charge in [-0.15, -0.1) is 11.3 Å². The highest BCUT2D eigenvalue weighted by Crippen LogP contribution is 2.24. The predicted molar refractivity (Wildman–Crippen MR) is 83.5 cm³/mol. The van der Waals surface area contributed by atoms with Crippen LogP contribution in [0.4, 0.5) is 5.82 Å². The van der Waals surface area contributed by atoms with Gasteiger partial charge in [-0.2, -0.15) is 5.10 Å². The lowest BCUT2D eigenvalue weighted by atomic mass is 10.3. The van der Waals surface area contributed by atoms with Crippen molar-refractivity contribution in [3.63, 3.8) is 0 Å². The Morgan fingerprint density at radius 1 is 1.38 bits per heavy atom. The molecule has 3 rings (SSSR count). The van der Waals surface area contributed by atoms with Gasteiger partial charge in [0.05, 0.1) is 31.3 Å². The third-order valence-electron chi connectivity index (χ3n) is 3.33. The van der Waals surface area contributed by atoms with Crippen molar-refractivity contribution >= 4 is 28.2 Å². The van der Waals surface area contributed by atoms with E-state index in [0.29, 0.717) is 6.54 Å². The minimum absolute atomic E-state index is 0.0444. The molecule has 0 unspecified atom stereocenters. The standard InChI is InChI=1S/C14H17N5OS/c1-2-18(9-11-4-3-7-21-11)13-12-8-17-19(5-6-20)14(12)16-10-15-13/h3-4,7-8,10,20H,2,5-6,9H2,1H3. The summed E-state index contributed by atoms with van der Waals surface area (Å²) in [5.74, 6) is 0.889. The summed E-state index contributed by atoms with van der Waals surface area (Å²) in [5.41, 5.74) is 0.763. The normalized spacial score (nSPS) is 11.1. The number of aliphatic hydroxyl groups is 1. The molecule has 1 N–H and O–H groups in total. The van der Waals surface area contributed by atoms with Crippen LogP contribution < -0.4 is 4.90 Å². The van der Waals surface area contributed by atoms with Gasteiger partial charge >= 0.3 is 0 Å². The van der Waals surface area contributed by atoms with Gasteiger partial charge in [-0.05, 0) is 18.4 Å². The first kappa shape index (κ1) is 14.0. The topological polar surface area (TPSA) is 67.1 Å². The van der Waals surface area contributed by atoms with Gasteiger partial charge in [0.15, 0.2) is 5.65 Å². The molecule has 0 aliphatic heterocycles. The van der Waals surface area contributed by atoms with Crippen molar-refractivity contribution in [2.45, 2.75) is 20.0 Å². The van der Waals surface area contributed by atoms with Crippen molar-refractivity contribution in [2.75, 3.05) is 18.1 Å². The van der Waals surface area contributed by atoms with E-state index in [0.717, 1.165) is 29.9 Å². The fraction of sp³-hybridized carbons (Fsp3) is 0.357. The Kier molecular flexibility index (Phi) is 4.12. The van der Waals surface area contributed by atoms with Crippen LogP contribution in [0.3, 0.4) is 0 Å². The van der Waals surface area contributed by atoms with Gasteiger partial charge in [0.25, 0.3) is 0 Å². The van der Waals surface area contributed by atoms with Crippen LogP contribution in [0.5, 0.6) is 0 Å². The fourth-order valence-corrected chi connectivity index (χ4v) is 3.04. The molecule has 0 radical (unpaired) electrons. The maximum absolute atomic E-state index is 9.08. The minimum atomic E-state index is 0.0444. The maximum Gasteiger partial charge on any atom is 0.163 e. The van der Waals surface area contributed by atoms with E-state index in [2.05, 4.69) is 44.4 Å². The van der Waals surface area contributed by atoms with Crippen LogP contribution in [-0.4, -0.2) is 38.0 Å². The van der Waals surface area contributed by atoms with E-state index in [1.165, 1.54) is 4.88 Å². The van der Waals surface area contributed by atoms with Crippen LogP contribution in [0, 0.1) is 0 Å². The van der Waals surface area contributed by atoms with Crippen LogP contribution in [0.2, 0.25) is 0 Å². The monoisotopic (exact) mass is 303 g/mol. The molecule has 3 aromatic rings. The van der Waals surface area contributed by atoms with Crippen LogP contribution in [-0.2, 0) is 13.1 Å². The van der Waals surface area contributed by atoms with Crippen molar-refractivity contribution in [1.29, 1.82) is 0 Å². The number of rotatable bonds is 6. The molecule has 0 fully saturated rings. The minimum Gasteiger partial charge on any atom is -0.394 e. The molecule has 0 aromatic carbocycles. The lowest BCUT2D eigenvalue weighted by Crippen LogP contribution is -2.22. The molecular weight excluding hydrogens is 286 g/mol. The Bertz CT molecular complexity index is 709. The zero-order valence-corrected chi connectivity index (χ0v) is 12.6. The highest BCUT2D eigenvalue weighted by atomic mass is 32.1. The molecular formula is C14H17N5OS. The number of aromatic nitrogens is 4. The van der Waals surface area contributed by atoms with E-state index in [-0.39, 0.29) is 6.61 Å². The van der Waals surface area contributed by atoms with Gasteiger partial charge in [-0.3, -0.25) is 0 Å². The van der Waals surface area contributed by atoms with Gasteiger partial charge in [-0.1, -0.05) is 6.07 Å². The van der Waals surface area contributed by atoms with Crippen molar-refractivity contribution in [3.05, 3.63) is 34.9 Å². The molecule has 0 atom stereocenters. The lowest BCUT2D eigenvalue weighted by molar-refractivity contribution is 0.271. The summed E-state index contributed by atoms with van der Waals surface area (Å²) in [6.07, 6.45) is 3.34. The Labute approximate surface area is 126 Å². The van der Waals surface area contributed by atoms with Crippen molar-refractivity contribution in [3.8, 4) is 0 Å². The van der Waals surface area contributed by atoms with E-state index in [1.54, 1.807) is 28.5 Å². The number of hydrogen-bond acceptors (Lipinski definition) is 6. The first-order valence-corrected chi connectivity index (χ1v) is 7.76. The van der Waals surface area contributed by atoms with E-state index in [4.69, 9.17) is 5.11 Å². The van der Waals surface area contributed by atoms with Gasteiger partial charge in [0, 0.05) is 11.4 Å². The Hall–Kier alpha value is -1.99. The molecule has 6 nitrogen and oxygen atoms in total. The molecule has 0 saturated heterocycles. The van der Waals surface area contributed by atoms with E-state index in [9.17, 15) is 0 Å². The second kappa shape index (κ2) is 6.19. The highest BCUT2D eigenvalue weighted by molar-refractivity contribution is 7.09. The number of thiophene rings is 1. The van der Waals surface area contributed by atoms with Gasteiger partial charge in [-0.25, -0.2) is 14.6 Å². The van der Waals surface area contributed by atoms with Crippen molar-refractivity contribution < 1.29 is 5.11 Å². The molecule has 110 valence electrons. The van der Waals surface area contributed by atoms with Gasteiger partial charge in [0.2, 0.25) is 0 Å². The molecule has 0 saturated carbocycles. The number of nitrogens with zero attached hydrogens (tertiary/aromatic N) is 5. The van der Waals surface area contributed by atoms with Crippen LogP contribution >= 0.6 is 11.3 Å². The highest BCUT2D eigenvalue weighted by Gasteiger charge is 2.15. The SMILES string of the molecule is CCN(Cc1cccs1)c1ncnc2c1cnn2CCO. The smallest absolute Gasteiger partial charge is 0.163 e. The van der Waals surface area contributed by atoms with Gasteiger partial charge in [0.1, 0.15) is 12.1 Å². The zero-order chi connectivity index (χ0) is 14.7. The van der Waals surface area contributed by atoms with Gasteiger partial charge < -0.3 is 10.0 Å². The summed E-state index contributed by atoms with van der Waals surface area (Å²) in [6, 6.07) is 4.18. The molecule has 0 bridgehead atoms. The summed E-state index contributed by atoms with van der Waals surface area (Å²) in [4.78, 5) is 12.2. The first-order chi connectivity index (χ1) is 10.3. The molecule has 3 heterocycles. The lowest BCUT2D eigenvalue weighted by Gasteiger charge is -2.21. The molecule has 21 heavy (non-hydrogen) atoms. The van der Waals surface area contributed by atoms with Crippen LogP contribution in [0.25, 0.3) is 11.0 Å². The summed E-state index contributed by atoms with van der Waals surface area (Å²) in [5, 5.41) is 16.4. The van der Waals surface area contributed by atoms with E-state index >= 15 is 0 Å². The van der Waals surface area contributed by atoms with Crippen LogP contribution in [0.1, 0.15) is 11.8 Å². The van der Waals surface area contributed by atoms with E-state index < -0.39 is 0 Å². The third-order valence-corrected chi connectivity index (χ3v) is 4.19. The zero-order valence-electron chi connectivity index (χ0n) is 11.8. The summed E-state index contributed by atoms with van der Waals surface area (Å²) in [6.45, 7) is 4.28. The number of hydrogen-bond donors (Lipinski definition) is 1. The molecule has 0 amide bonds. The quantitative estimate of drug-likeness (QED) is 0.753. The fourth-order valence-electron chi connectivity index (χ4n) is 2.32. The molecule has 0 aliphatic carbocycles. The molecule has 3 aromatic heterocycles. The average molecular weight is 303 g/mol. The number of anilines is 1. The summed E-state index contributed by atoms with van der Waals surface area (Å²) < 4.78 is 1.71. The summed E-state index contributed by atoms with van der Waals surface area (Å²) >= 11 is 1.74. The van der Waals surface area contributed by atoms with Crippen molar-refractivity contribution in [2.24, 2.45) is 0 Å². The second-order valence-corrected chi connectivity index (χ2v) is 5.65. The Balaban J connectivity index is 1.98. The maximum atomic E-state index is 9.08. The predicted octanol–water partition coefficient (Wildman–Crippen LogP) is 1.91. The second-order valence-electron chi connectivity index (χ2n) is 4.62. The molecule has 0 aliphatic rings. The average Bonchev–Trinajstić information content (AvgIpc) is 3.15. The Morgan fingerprint density at radius 3 is 3.00 bits per heavy atom. The first-order valence-electron chi connectivity index (χ1n) is 6.88. The third kappa shape index (κ3) is 2.74. The summed E-state index contributed by atoms with van der Waals surface area (Å²) in [7, 11) is 0. The Morgan fingerprint density at radius 2 is 2.29 bits per heavy atom. The number of fused-ring (bicyclic) bond motifs is 1. The van der Waals surface area contributed by atoms with Crippen LogP contribution in [0.15, 0.2) is 30.0 Å². The largest absolute Gasteiger partial charge is 0.394 e. The molecule has 7 heteroatoms. The molecule has 0 spiro atoms. The van der Waals surface area contributed by atoms with Crippen molar-refractivity contribution in [1.82, 2.24) is 19.7 Å². The van der Waals surface area contributed by atoms with E-state index in [1.807, 2.05) is 0 Å².